The van der Waals surface area contributed by atoms with E-state index in [0.717, 1.165) is 26.0 Å². The fourth-order valence-corrected chi connectivity index (χ4v) is 2.65. The SMILES string of the molecule is CCNC(Cc1cccs1)C(C)CCOC. The number of methoxy groups -OCH3 is 1. The predicted molar refractivity (Wildman–Crippen MR) is 71.1 cm³/mol. The minimum absolute atomic E-state index is 0.568. The Labute approximate surface area is 103 Å². The minimum Gasteiger partial charge on any atom is -0.385 e. The molecule has 1 aromatic heterocycles. The summed E-state index contributed by atoms with van der Waals surface area (Å²) in [6.07, 6.45) is 2.26. The van der Waals surface area contributed by atoms with Crippen molar-refractivity contribution < 1.29 is 4.74 Å². The van der Waals surface area contributed by atoms with Gasteiger partial charge >= 0.3 is 0 Å². The van der Waals surface area contributed by atoms with Crippen LogP contribution in [0.2, 0.25) is 0 Å². The molecule has 0 aromatic carbocycles. The van der Waals surface area contributed by atoms with Crippen molar-refractivity contribution in [2.75, 3.05) is 20.3 Å². The molecule has 0 saturated heterocycles. The summed E-state index contributed by atoms with van der Waals surface area (Å²) in [6.45, 7) is 6.37. The van der Waals surface area contributed by atoms with Gasteiger partial charge in [-0.15, -0.1) is 11.3 Å². The van der Waals surface area contributed by atoms with Gasteiger partial charge in [-0.3, -0.25) is 0 Å². The van der Waals surface area contributed by atoms with E-state index >= 15 is 0 Å². The molecule has 2 nitrogen and oxygen atoms in total. The van der Waals surface area contributed by atoms with Crippen LogP contribution in [0.1, 0.15) is 25.1 Å². The molecule has 2 unspecified atom stereocenters. The van der Waals surface area contributed by atoms with E-state index in [2.05, 4.69) is 36.7 Å². The summed E-state index contributed by atoms with van der Waals surface area (Å²) in [5.41, 5.74) is 0. The van der Waals surface area contributed by atoms with Gasteiger partial charge in [0, 0.05) is 24.6 Å². The molecule has 92 valence electrons. The highest BCUT2D eigenvalue weighted by molar-refractivity contribution is 7.09. The highest BCUT2D eigenvalue weighted by Crippen LogP contribution is 2.17. The zero-order valence-corrected chi connectivity index (χ0v) is 11.3. The van der Waals surface area contributed by atoms with Crippen LogP contribution in [0.4, 0.5) is 0 Å². The van der Waals surface area contributed by atoms with Crippen LogP contribution in [0.3, 0.4) is 0 Å². The maximum Gasteiger partial charge on any atom is 0.0465 e. The number of hydrogen-bond donors (Lipinski definition) is 1. The van der Waals surface area contributed by atoms with E-state index in [4.69, 9.17) is 4.74 Å². The summed E-state index contributed by atoms with van der Waals surface area (Å²) in [4.78, 5) is 1.47. The fraction of sp³-hybridized carbons (Fsp3) is 0.692. The molecule has 1 aromatic rings. The van der Waals surface area contributed by atoms with Gasteiger partial charge in [0.15, 0.2) is 0 Å². The summed E-state index contributed by atoms with van der Waals surface area (Å²) < 4.78 is 5.15. The van der Waals surface area contributed by atoms with Crippen LogP contribution in [0, 0.1) is 5.92 Å². The molecule has 0 fully saturated rings. The lowest BCUT2D eigenvalue weighted by molar-refractivity contribution is 0.170. The smallest absolute Gasteiger partial charge is 0.0465 e. The van der Waals surface area contributed by atoms with Gasteiger partial charge in [-0.25, -0.2) is 0 Å². The Morgan fingerprint density at radius 2 is 2.31 bits per heavy atom. The number of nitrogens with one attached hydrogen (secondary N) is 1. The molecule has 16 heavy (non-hydrogen) atoms. The second-order valence-corrected chi connectivity index (χ2v) is 5.24. The molecule has 2 atom stereocenters. The lowest BCUT2D eigenvalue weighted by Crippen LogP contribution is -2.37. The summed E-state index contributed by atoms with van der Waals surface area (Å²) in [7, 11) is 1.77. The van der Waals surface area contributed by atoms with Gasteiger partial charge in [-0.05, 0) is 36.8 Å². The number of likely N-dealkylation sites (N-methyl/N-ethyl adjacent to an activating group) is 1. The fourth-order valence-electron chi connectivity index (χ4n) is 1.89. The highest BCUT2D eigenvalue weighted by atomic mass is 32.1. The largest absolute Gasteiger partial charge is 0.385 e. The van der Waals surface area contributed by atoms with E-state index in [0.29, 0.717) is 12.0 Å². The van der Waals surface area contributed by atoms with E-state index in [-0.39, 0.29) is 0 Å². The lowest BCUT2D eigenvalue weighted by Gasteiger charge is -2.24. The molecule has 0 radical (unpaired) electrons. The molecule has 0 aliphatic rings. The zero-order chi connectivity index (χ0) is 11.8. The van der Waals surface area contributed by atoms with Gasteiger partial charge in [0.2, 0.25) is 0 Å². The van der Waals surface area contributed by atoms with Gasteiger partial charge in [0.05, 0.1) is 0 Å². The Morgan fingerprint density at radius 1 is 1.50 bits per heavy atom. The molecule has 3 heteroatoms. The first-order chi connectivity index (χ1) is 7.77. The zero-order valence-electron chi connectivity index (χ0n) is 10.5. The quantitative estimate of drug-likeness (QED) is 0.755. The summed E-state index contributed by atoms with van der Waals surface area (Å²) in [5, 5.41) is 5.73. The molecule has 0 spiro atoms. The second kappa shape index (κ2) is 7.82. The van der Waals surface area contributed by atoms with E-state index in [1.807, 2.05) is 11.3 Å². The molecule has 0 saturated carbocycles. The maximum atomic E-state index is 5.15. The van der Waals surface area contributed by atoms with Crippen LogP contribution in [0.25, 0.3) is 0 Å². The van der Waals surface area contributed by atoms with Crippen molar-refractivity contribution in [3.05, 3.63) is 22.4 Å². The van der Waals surface area contributed by atoms with Crippen LogP contribution >= 0.6 is 11.3 Å². The molecular weight excluding hydrogens is 218 g/mol. The van der Waals surface area contributed by atoms with Crippen molar-refractivity contribution in [2.24, 2.45) is 5.92 Å². The number of thiophene rings is 1. The van der Waals surface area contributed by atoms with Crippen LogP contribution in [0.15, 0.2) is 17.5 Å². The molecular formula is C13H23NOS. The Bertz CT molecular complexity index is 261. The highest BCUT2D eigenvalue weighted by Gasteiger charge is 2.16. The number of ether oxygens (including phenoxy) is 1. The molecule has 0 aliphatic heterocycles. The first-order valence-electron chi connectivity index (χ1n) is 6.02. The third-order valence-electron chi connectivity index (χ3n) is 2.93. The Morgan fingerprint density at radius 3 is 2.88 bits per heavy atom. The maximum absolute atomic E-state index is 5.15. The van der Waals surface area contributed by atoms with Crippen molar-refractivity contribution >= 4 is 11.3 Å². The number of rotatable bonds is 8. The molecule has 0 bridgehead atoms. The molecule has 1 N–H and O–H groups in total. The van der Waals surface area contributed by atoms with Gasteiger partial charge in [-0.1, -0.05) is 19.9 Å². The predicted octanol–water partition coefficient (Wildman–Crippen LogP) is 2.94. The van der Waals surface area contributed by atoms with Gasteiger partial charge in [0.25, 0.3) is 0 Å². The standard InChI is InChI=1S/C13H23NOS/c1-4-14-13(11(2)7-8-15-3)10-12-6-5-9-16-12/h5-6,9,11,13-14H,4,7-8,10H2,1-3H3. The minimum atomic E-state index is 0.568. The first kappa shape index (κ1) is 13.7. The Hall–Kier alpha value is -0.380. The number of hydrogen-bond acceptors (Lipinski definition) is 3. The van der Waals surface area contributed by atoms with E-state index in [9.17, 15) is 0 Å². The Kier molecular flexibility index (Phi) is 6.69. The Balaban J connectivity index is 2.45. The molecule has 1 rings (SSSR count). The van der Waals surface area contributed by atoms with Crippen molar-refractivity contribution in [1.29, 1.82) is 0 Å². The van der Waals surface area contributed by atoms with Crippen LogP contribution in [0.5, 0.6) is 0 Å². The normalized spacial score (nSPS) is 14.9. The second-order valence-electron chi connectivity index (χ2n) is 4.21. The van der Waals surface area contributed by atoms with Gasteiger partial charge in [-0.2, -0.15) is 0 Å². The summed E-state index contributed by atoms with van der Waals surface area (Å²) >= 11 is 1.85. The van der Waals surface area contributed by atoms with E-state index in [1.165, 1.54) is 4.88 Å². The van der Waals surface area contributed by atoms with Crippen molar-refractivity contribution in [3.63, 3.8) is 0 Å². The van der Waals surface area contributed by atoms with Crippen molar-refractivity contribution in [2.45, 2.75) is 32.7 Å². The first-order valence-corrected chi connectivity index (χ1v) is 6.90. The average Bonchev–Trinajstić information content (AvgIpc) is 2.78. The third-order valence-corrected chi connectivity index (χ3v) is 3.83. The summed E-state index contributed by atoms with van der Waals surface area (Å²) in [5.74, 6) is 0.655. The van der Waals surface area contributed by atoms with Crippen molar-refractivity contribution in [3.8, 4) is 0 Å². The van der Waals surface area contributed by atoms with Gasteiger partial charge < -0.3 is 10.1 Å². The average molecular weight is 241 g/mol. The lowest BCUT2D eigenvalue weighted by atomic mass is 9.95. The van der Waals surface area contributed by atoms with Crippen LogP contribution in [-0.2, 0) is 11.2 Å². The summed E-state index contributed by atoms with van der Waals surface area (Å²) in [6, 6.07) is 4.92. The molecule has 1 heterocycles. The third kappa shape index (κ3) is 4.64. The van der Waals surface area contributed by atoms with Crippen LogP contribution in [-0.4, -0.2) is 26.3 Å². The van der Waals surface area contributed by atoms with Crippen LogP contribution < -0.4 is 5.32 Å². The molecule has 0 amide bonds. The van der Waals surface area contributed by atoms with E-state index in [1.54, 1.807) is 7.11 Å². The van der Waals surface area contributed by atoms with Crippen molar-refractivity contribution in [1.82, 2.24) is 5.32 Å². The topological polar surface area (TPSA) is 21.3 Å². The van der Waals surface area contributed by atoms with Gasteiger partial charge in [0.1, 0.15) is 0 Å². The van der Waals surface area contributed by atoms with E-state index < -0.39 is 0 Å². The monoisotopic (exact) mass is 241 g/mol. The molecule has 0 aliphatic carbocycles.